The third kappa shape index (κ3) is 3.13. The third-order valence-corrected chi connectivity index (χ3v) is 4.64. The van der Waals surface area contributed by atoms with Gasteiger partial charge >= 0.3 is 0 Å². The molecule has 1 aromatic rings. The summed E-state index contributed by atoms with van der Waals surface area (Å²) < 4.78 is 5.41. The molecule has 0 aromatic carbocycles. The molecule has 1 unspecified atom stereocenters. The number of piperazine rings is 1. The number of rotatable bonds is 3. The van der Waals surface area contributed by atoms with Crippen molar-refractivity contribution in [3.63, 3.8) is 0 Å². The van der Waals surface area contributed by atoms with Crippen molar-refractivity contribution >= 4 is 22.3 Å². The maximum atomic E-state index is 11.8. The smallest absolute Gasteiger partial charge is 0.185 e. The number of hydrogen-bond acceptors (Lipinski definition) is 6. The Balaban J connectivity index is 1.49. The van der Waals surface area contributed by atoms with Crippen molar-refractivity contribution in [1.29, 1.82) is 0 Å². The third-order valence-electron chi connectivity index (χ3n) is 3.81. The Labute approximate surface area is 117 Å². The molecule has 6 heteroatoms. The van der Waals surface area contributed by atoms with Crippen LogP contribution in [0, 0.1) is 5.92 Å². The lowest BCUT2D eigenvalue weighted by Gasteiger charge is -2.36. The van der Waals surface area contributed by atoms with Gasteiger partial charge in [0, 0.05) is 50.7 Å². The van der Waals surface area contributed by atoms with Gasteiger partial charge in [-0.25, -0.2) is 4.98 Å². The summed E-state index contributed by atoms with van der Waals surface area (Å²) in [6.45, 7) is 6.06. The lowest BCUT2D eigenvalue weighted by atomic mass is 10.00. The molecule has 19 heavy (non-hydrogen) atoms. The maximum absolute atomic E-state index is 11.8. The average molecular weight is 281 g/mol. The van der Waals surface area contributed by atoms with E-state index in [9.17, 15) is 4.79 Å². The van der Waals surface area contributed by atoms with Crippen molar-refractivity contribution in [3.8, 4) is 0 Å². The molecule has 2 aliphatic heterocycles. The number of Topliss-reactive ketones (excluding diaryl/α,β-unsaturated/α-hetero) is 1. The molecule has 2 aliphatic rings. The second-order valence-electron chi connectivity index (χ2n) is 5.09. The molecule has 0 aliphatic carbocycles. The van der Waals surface area contributed by atoms with Crippen LogP contribution >= 0.6 is 11.3 Å². The average Bonchev–Trinajstić information content (AvgIpc) is 2.96. The van der Waals surface area contributed by atoms with Crippen LogP contribution in [0.1, 0.15) is 6.42 Å². The molecule has 0 spiro atoms. The second-order valence-corrected chi connectivity index (χ2v) is 5.96. The Bertz CT molecular complexity index is 416. The molecular weight excluding hydrogens is 262 g/mol. The number of carbonyl (C=O) groups excluding carboxylic acids is 1. The molecule has 3 heterocycles. The Kier molecular flexibility index (Phi) is 4.10. The summed E-state index contributed by atoms with van der Waals surface area (Å²) in [5.74, 6) is 0.453. The number of ketones is 1. The van der Waals surface area contributed by atoms with E-state index < -0.39 is 0 Å². The fourth-order valence-corrected chi connectivity index (χ4v) is 3.35. The van der Waals surface area contributed by atoms with Gasteiger partial charge in [-0.3, -0.25) is 9.69 Å². The van der Waals surface area contributed by atoms with Gasteiger partial charge in [-0.15, -0.1) is 11.3 Å². The monoisotopic (exact) mass is 281 g/mol. The van der Waals surface area contributed by atoms with Crippen LogP contribution in [0.15, 0.2) is 11.6 Å². The highest BCUT2D eigenvalue weighted by Crippen LogP contribution is 2.20. The summed E-state index contributed by atoms with van der Waals surface area (Å²) in [6.07, 6.45) is 2.44. The Morgan fingerprint density at radius 1 is 1.37 bits per heavy atom. The maximum Gasteiger partial charge on any atom is 0.185 e. The highest BCUT2D eigenvalue weighted by molar-refractivity contribution is 7.13. The summed E-state index contributed by atoms with van der Waals surface area (Å²) in [5, 5.41) is 3.12. The van der Waals surface area contributed by atoms with Gasteiger partial charge in [0.15, 0.2) is 5.13 Å². The van der Waals surface area contributed by atoms with E-state index in [1.165, 1.54) is 0 Å². The van der Waals surface area contributed by atoms with E-state index in [2.05, 4.69) is 14.8 Å². The number of carbonyl (C=O) groups is 1. The van der Waals surface area contributed by atoms with Crippen LogP contribution in [0.2, 0.25) is 0 Å². The Morgan fingerprint density at radius 3 is 2.89 bits per heavy atom. The summed E-state index contributed by atoms with van der Waals surface area (Å²) in [4.78, 5) is 20.8. The first-order valence-corrected chi connectivity index (χ1v) is 7.68. The van der Waals surface area contributed by atoms with Gasteiger partial charge < -0.3 is 9.64 Å². The molecule has 0 amide bonds. The van der Waals surface area contributed by atoms with E-state index >= 15 is 0 Å². The van der Waals surface area contributed by atoms with Crippen molar-refractivity contribution in [1.82, 2.24) is 9.88 Å². The fourth-order valence-electron chi connectivity index (χ4n) is 2.66. The van der Waals surface area contributed by atoms with E-state index in [1.54, 1.807) is 11.3 Å². The summed E-state index contributed by atoms with van der Waals surface area (Å²) in [5.41, 5.74) is 0. The quantitative estimate of drug-likeness (QED) is 0.823. The first-order valence-electron chi connectivity index (χ1n) is 6.80. The number of anilines is 1. The molecule has 5 nitrogen and oxygen atoms in total. The number of hydrogen-bond donors (Lipinski definition) is 0. The van der Waals surface area contributed by atoms with E-state index in [0.717, 1.165) is 37.9 Å². The first-order chi connectivity index (χ1) is 9.33. The van der Waals surface area contributed by atoms with Gasteiger partial charge in [-0.05, 0) is 0 Å². The van der Waals surface area contributed by atoms with Crippen LogP contribution in [0.3, 0.4) is 0 Å². The van der Waals surface area contributed by atoms with Gasteiger partial charge in [0.1, 0.15) is 5.78 Å². The summed E-state index contributed by atoms with van der Waals surface area (Å²) in [6, 6.07) is 0. The van der Waals surface area contributed by atoms with E-state index in [0.29, 0.717) is 25.4 Å². The van der Waals surface area contributed by atoms with Crippen LogP contribution in [0.25, 0.3) is 0 Å². The highest BCUT2D eigenvalue weighted by Gasteiger charge is 2.27. The van der Waals surface area contributed by atoms with Crippen molar-refractivity contribution in [2.75, 3.05) is 50.8 Å². The predicted molar refractivity (Wildman–Crippen MR) is 74.7 cm³/mol. The minimum absolute atomic E-state index is 0.0835. The highest BCUT2D eigenvalue weighted by atomic mass is 32.1. The number of thiazole rings is 1. The van der Waals surface area contributed by atoms with Gasteiger partial charge in [-0.1, -0.05) is 0 Å². The van der Waals surface area contributed by atoms with Gasteiger partial charge in [0.25, 0.3) is 0 Å². The normalized spacial score (nSPS) is 25.8. The molecule has 1 atom stereocenters. The van der Waals surface area contributed by atoms with Crippen molar-refractivity contribution < 1.29 is 9.53 Å². The molecule has 0 saturated carbocycles. The predicted octanol–water partition coefficient (Wildman–Crippen LogP) is 0.871. The minimum atomic E-state index is 0.0835. The van der Waals surface area contributed by atoms with E-state index in [1.807, 2.05) is 11.6 Å². The zero-order valence-corrected chi connectivity index (χ0v) is 11.8. The topological polar surface area (TPSA) is 45.7 Å². The van der Waals surface area contributed by atoms with E-state index in [-0.39, 0.29) is 5.92 Å². The Hall–Kier alpha value is -0.980. The lowest BCUT2D eigenvalue weighted by molar-refractivity contribution is -0.131. The van der Waals surface area contributed by atoms with Crippen molar-refractivity contribution in [2.45, 2.75) is 6.42 Å². The molecule has 104 valence electrons. The largest absolute Gasteiger partial charge is 0.380 e. The fraction of sp³-hybridized carbons (Fsp3) is 0.692. The minimum Gasteiger partial charge on any atom is -0.380 e. The summed E-state index contributed by atoms with van der Waals surface area (Å²) in [7, 11) is 0. The molecule has 2 saturated heterocycles. The summed E-state index contributed by atoms with van der Waals surface area (Å²) >= 11 is 1.69. The second kappa shape index (κ2) is 5.98. The van der Waals surface area contributed by atoms with Crippen LogP contribution in [0.4, 0.5) is 5.13 Å². The molecule has 0 radical (unpaired) electrons. The van der Waals surface area contributed by atoms with E-state index in [4.69, 9.17) is 4.74 Å². The number of aromatic nitrogens is 1. The number of nitrogens with zero attached hydrogens (tertiary/aromatic N) is 3. The van der Waals surface area contributed by atoms with Crippen LogP contribution < -0.4 is 4.90 Å². The molecule has 3 rings (SSSR count). The first kappa shape index (κ1) is 13.0. The molecular formula is C13H19N3O2S. The van der Waals surface area contributed by atoms with Gasteiger partial charge in [-0.2, -0.15) is 0 Å². The molecule has 1 aromatic heterocycles. The van der Waals surface area contributed by atoms with Gasteiger partial charge in [0.2, 0.25) is 0 Å². The Morgan fingerprint density at radius 2 is 2.21 bits per heavy atom. The van der Waals surface area contributed by atoms with Crippen molar-refractivity contribution in [3.05, 3.63) is 11.6 Å². The van der Waals surface area contributed by atoms with Crippen LogP contribution in [-0.2, 0) is 9.53 Å². The van der Waals surface area contributed by atoms with Crippen LogP contribution in [0.5, 0.6) is 0 Å². The molecule has 0 N–H and O–H groups in total. The molecule has 2 fully saturated rings. The van der Waals surface area contributed by atoms with Crippen LogP contribution in [-0.4, -0.2) is 61.6 Å². The van der Waals surface area contributed by atoms with Gasteiger partial charge in [0.05, 0.1) is 19.1 Å². The molecule has 0 bridgehead atoms. The standard InChI is InChI=1S/C13H19N3O2S/c17-12-1-7-18-10-11(12)9-15-3-5-16(6-4-15)13-14-2-8-19-13/h2,8,11H,1,3-7,9-10H2. The zero-order chi connectivity index (χ0) is 13.1. The zero-order valence-electron chi connectivity index (χ0n) is 11.0. The van der Waals surface area contributed by atoms with Crippen molar-refractivity contribution in [2.24, 2.45) is 5.92 Å². The number of ether oxygens (including phenoxy) is 1. The lowest BCUT2D eigenvalue weighted by Crippen LogP contribution is -2.49. The SMILES string of the molecule is O=C1CCOCC1CN1CCN(c2nccs2)CC1.